The summed E-state index contributed by atoms with van der Waals surface area (Å²) in [4.78, 5) is 0. The van der Waals surface area contributed by atoms with Gasteiger partial charge in [0.1, 0.15) is 0 Å². The molecular formula is C18H33N3. The smallest absolute Gasteiger partial charge is 0.0492 e. The van der Waals surface area contributed by atoms with Gasteiger partial charge in [-0.05, 0) is 62.0 Å². The highest BCUT2D eigenvalue weighted by atomic mass is 15.2. The molecule has 1 aromatic heterocycles. The molecule has 3 heteroatoms. The Morgan fingerprint density at radius 2 is 2.14 bits per heavy atom. The van der Waals surface area contributed by atoms with E-state index in [1.807, 2.05) is 10.9 Å². The highest BCUT2D eigenvalue weighted by Crippen LogP contribution is 2.43. The van der Waals surface area contributed by atoms with E-state index in [9.17, 15) is 0 Å². The molecule has 0 amide bonds. The Kier molecular flexibility index (Phi) is 5.48. The number of hydrogen-bond acceptors (Lipinski definition) is 2. The third kappa shape index (κ3) is 4.84. The van der Waals surface area contributed by atoms with Crippen LogP contribution in [-0.2, 0) is 13.5 Å². The maximum atomic E-state index is 4.29. The van der Waals surface area contributed by atoms with Gasteiger partial charge in [0.25, 0.3) is 0 Å². The number of hydrogen-bond donors (Lipinski definition) is 1. The van der Waals surface area contributed by atoms with Crippen molar-refractivity contribution in [2.24, 2.45) is 24.3 Å². The summed E-state index contributed by atoms with van der Waals surface area (Å²) in [6.45, 7) is 10.6. The van der Waals surface area contributed by atoms with Crippen molar-refractivity contribution < 1.29 is 0 Å². The zero-order valence-corrected chi connectivity index (χ0v) is 14.5. The van der Waals surface area contributed by atoms with Gasteiger partial charge in [-0.15, -0.1) is 0 Å². The van der Waals surface area contributed by atoms with Gasteiger partial charge in [0, 0.05) is 25.0 Å². The Morgan fingerprint density at radius 1 is 1.38 bits per heavy atom. The van der Waals surface area contributed by atoms with E-state index >= 15 is 0 Å². The van der Waals surface area contributed by atoms with Crippen molar-refractivity contribution >= 4 is 0 Å². The standard InChI is InChI=1S/C18H33N3/c1-14(2)19-13-16-8-10-18(3,4)12-15(16)6-7-17-9-11-20-21(17)5/h9,11,14-16,19H,6-8,10,12-13H2,1-5H3. The summed E-state index contributed by atoms with van der Waals surface area (Å²) in [6.07, 6.45) is 8.50. The largest absolute Gasteiger partial charge is 0.314 e. The van der Waals surface area contributed by atoms with E-state index in [4.69, 9.17) is 0 Å². The number of aryl methyl sites for hydroxylation is 2. The van der Waals surface area contributed by atoms with E-state index in [0.717, 1.165) is 18.3 Å². The number of rotatable bonds is 6. The van der Waals surface area contributed by atoms with Crippen LogP contribution in [0, 0.1) is 17.3 Å². The molecule has 0 aromatic carbocycles. The lowest BCUT2D eigenvalue weighted by Gasteiger charge is -2.41. The van der Waals surface area contributed by atoms with Crippen LogP contribution in [-0.4, -0.2) is 22.4 Å². The summed E-state index contributed by atoms with van der Waals surface area (Å²) in [5, 5.41) is 7.95. The molecule has 2 atom stereocenters. The number of aromatic nitrogens is 2. The van der Waals surface area contributed by atoms with E-state index < -0.39 is 0 Å². The lowest BCUT2D eigenvalue weighted by Crippen LogP contribution is -2.38. The lowest BCUT2D eigenvalue weighted by molar-refractivity contribution is 0.108. The van der Waals surface area contributed by atoms with Crippen molar-refractivity contribution in [1.29, 1.82) is 0 Å². The average Bonchev–Trinajstić information content (AvgIpc) is 2.80. The second-order valence-electron chi connectivity index (χ2n) is 7.97. The third-order valence-corrected chi connectivity index (χ3v) is 5.16. The van der Waals surface area contributed by atoms with E-state index in [0.29, 0.717) is 11.5 Å². The molecule has 0 saturated heterocycles. The normalized spacial score (nSPS) is 25.4. The quantitative estimate of drug-likeness (QED) is 0.864. The molecule has 1 fully saturated rings. The zero-order valence-electron chi connectivity index (χ0n) is 14.5. The molecule has 120 valence electrons. The molecule has 1 aromatic rings. The Morgan fingerprint density at radius 3 is 2.76 bits per heavy atom. The number of nitrogens with one attached hydrogen (secondary N) is 1. The maximum Gasteiger partial charge on any atom is 0.0492 e. The molecule has 3 nitrogen and oxygen atoms in total. The van der Waals surface area contributed by atoms with Crippen molar-refractivity contribution in [3.05, 3.63) is 18.0 Å². The average molecular weight is 291 g/mol. The van der Waals surface area contributed by atoms with Gasteiger partial charge in [-0.25, -0.2) is 0 Å². The fourth-order valence-electron chi connectivity index (χ4n) is 3.76. The van der Waals surface area contributed by atoms with E-state index in [2.05, 4.69) is 51.2 Å². The first-order chi connectivity index (χ1) is 9.87. The molecule has 1 aliphatic rings. The highest BCUT2D eigenvalue weighted by molar-refractivity contribution is 5.00. The molecule has 0 bridgehead atoms. The van der Waals surface area contributed by atoms with Gasteiger partial charge in [0.2, 0.25) is 0 Å². The van der Waals surface area contributed by atoms with Gasteiger partial charge in [-0.3, -0.25) is 4.68 Å². The Hall–Kier alpha value is -0.830. The Balaban J connectivity index is 1.94. The van der Waals surface area contributed by atoms with Crippen LogP contribution < -0.4 is 5.32 Å². The van der Waals surface area contributed by atoms with Gasteiger partial charge in [0.05, 0.1) is 0 Å². The van der Waals surface area contributed by atoms with Crippen LogP contribution in [0.1, 0.15) is 59.1 Å². The van der Waals surface area contributed by atoms with Gasteiger partial charge in [-0.1, -0.05) is 27.7 Å². The summed E-state index contributed by atoms with van der Waals surface area (Å²) < 4.78 is 2.02. The number of nitrogens with zero attached hydrogens (tertiary/aromatic N) is 2. The molecule has 2 rings (SSSR count). The molecule has 0 radical (unpaired) electrons. The third-order valence-electron chi connectivity index (χ3n) is 5.16. The second kappa shape index (κ2) is 6.95. The van der Waals surface area contributed by atoms with Crippen molar-refractivity contribution in [2.45, 2.75) is 65.8 Å². The van der Waals surface area contributed by atoms with Crippen molar-refractivity contribution in [3.8, 4) is 0 Å². The minimum absolute atomic E-state index is 0.519. The second-order valence-corrected chi connectivity index (χ2v) is 7.97. The van der Waals surface area contributed by atoms with Crippen LogP contribution in [0.15, 0.2) is 12.3 Å². The van der Waals surface area contributed by atoms with Crippen LogP contribution in [0.4, 0.5) is 0 Å². The van der Waals surface area contributed by atoms with E-state index in [1.165, 1.54) is 37.9 Å². The predicted molar refractivity (Wildman–Crippen MR) is 89.3 cm³/mol. The van der Waals surface area contributed by atoms with Gasteiger partial charge < -0.3 is 5.32 Å². The highest BCUT2D eigenvalue weighted by Gasteiger charge is 2.34. The summed E-state index contributed by atoms with van der Waals surface area (Å²) >= 11 is 0. The first-order valence-corrected chi connectivity index (χ1v) is 8.57. The Labute approximate surface area is 130 Å². The minimum atomic E-state index is 0.519. The minimum Gasteiger partial charge on any atom is -0.314 e. The van der Waals surface area contributed by atoms with Crippen LogP contribution in [0.2, 0.25) is 0 Å². The first kappa shape index (κ1) is 16.5. The van der Waals surface area contributed by atoms with Crippen molar-refractivity contribution in [1.82, 2.24) is 15.1 Å². The first-order valence-electron chi connectivity index (χ1n) is 8.57. The van der Waals surface area contributed by atoms with Crippen LogP contribution in [0.25, 0.3) is 0 Å². The summed E-state index contributed by atoms with van der Waals surface area (Å²) in [7, 11) is 2.05. The monoisotopic (exact) mass is 291 g/mol. The topological polar surface area (TPSA) is 29.9 Å². The summed E-state index contributed by atoms with van der Waals surface area (Å²) in [5.41, 5.74) is 1.89. The molecule has 1 heterocycles. The van der Waals surface area contributed by atoms with Gasteiger partial charge >= 0.3 is 0 Å². The molecular weight excluding hydrogens is 258 g/mol. The van der Waals surface area contributed by atoms with Crippen molar-refractivity contribution in [3.63, 3.8) is 0 Å². The lowest BCUT2D eigenvalue weighted by atomic mass is 9.66. The molecule has 0 aliphatic heterocycles. The zero-order chi connectivity index (χ0) is 15.5. The summed E-state index contributed by atoms with van der Waals surface area (Å²) in [5.74, 6) is 1.68. The van der Waals surface area contributed by atoms with Crippen molar-refractivity contribution in [2.75, 3.05) is 6.54 Å². The maximum absolute atomic E-state index is 4.29. The van der Waals surface area contributed by atoms with E-state index in [1.54, 1.807) is 0 Å². The SMILES string of the molecule is CC(C)NCC1CCC(C)(C)CC1CCc1ccnn1C. The summed E-state index contributed by atoms with van der Waals surface area (Å²) in [6, 6.07) is 2.76. The molecule has 1 N–H and O–H groups in total. The molecule has 21 heavy (non-hydrogen) atoms. The molecule has 1 saturated carbocycles. The predicted octanol–water partition coefficient (Wildman–Crippen LogP) is 3.79. The fraction of sp³-hybridized carbons (Fsp3) is 0.833. The van der Waals surface area contributed by atoms with Crippen LogP contribution >= 0.6 is 0 Å². The van der Waals surface area contributed by atoms with E-state index in [-0.39, 0.29) is 0 Å². The molecule has 1 aliphatic carbocycles. The molecule has 0 spiro atoms. The van der Waals surface area contributed by atoms with Gasteiger partial charge in [-0.2, -0.15) is 5.10 Å². The Bertz CT molecular complexity index is 431. The molecule has 2 unspecified atom stereocenters. The van der Waals surface area contributed by atoms with Crippen LogP contribution in [0.3, 0.4) is 0 Å². The van der Waals surface area contributed by atoms with Crippen LogP contribution in [0.5, 0.6) is 0 Å². The fourth-order valence-corrected chi connectivity index (χ4v) is 3.76. The van der Waals surface area contributed by atoms with Gasteiger partial charge in [0.15, 0.2) is 0 Å².